The van der Waals surface area contributed by atoms with Crippen molar-refractivity contribution in [3.8, 4) is 22.6 Å². The topological polar surface area (TPSA) is 55.8 Å². The van der Waals surface area contributed by atoms with Crippen LogP contribution >= 0.6 is 0 Å². The molecule has 1 aliphatic rings. The van der Waals surface area contributed by atoms with Gasteiger partial charge in [0.2, 0.25) is 0 Å². The first-order valence-electron chi connectivity index (χ1n) is 13.9. The van der Waals surface area contributed by atoms with E-state index in [9.17, 15) is 9.90 Å². The number of methoxy groups -OCH3 is 1. The molecule has 1 saturated carbocycles. The predicted octanol–water partition coefficient (Wildman–Crippen LogP) is 8.88. The van der Waals surface area contributed by atoms with Gasteiger partial charge in [0.1, 0.15) is 23.9 Å². The number of carbonyl (C=O) groups is 1. The third kappa shape index (κ3) is 7.15. The van der Waals surface area contributed by atoms with Crippen LogP contribution in [0.15, 0.2) is 60.7 Å². The number of ether oxygens (including phenoxy) is 2. The van der Waals surface area contributed by atoms with Crippen LogP contribution in [0.1, 0.15) is 93.2 Å². The maximum Gasteiger partial charge on any atom is 0.303 e. The van der Waals surface area contributed by atoms with Crippen LogP contribution in [0.4, 0.5) is 4.39 Å². The van der Waals surface area contributed by atoms with Gasteiger partial charge < -0.3 is 14.6 Å². The molecule has 1 aliphatic carbocycles. The Balaban J connectivity index is 1.61. The highest BCUT2D eigenvalue weighted by atomic mass is 19.1. The van der Waals surface area contributed by atoms with Gasteiger partial charge in [0.15, 0.2) is 0 Å². The van der Waals surface area contributed by atoms with E-state index in [1.54, 1.807) is 19.2 Å². The van der Waals surface area contributed by atoms with Crippen molar-refractivity contribution in [1.82, 2.24) is 0 Å². The molecule has 0 amide bonds. The van der Waals surface area contributed by atoms with Crippen LogP contribution in [0, 0.1) is 5.82 Å². The third-order valence-electron chi connectivity index (χ3n) is 7.67. The highest BCUT2D eigenvalue weighted by Crippen LogP contribution is 2.40. The summed E-state index contributed by atoms with van der Waals surface area (Å²) < 4.78 is 26.6. The Morgan fingerprint density at radius 3 is 2.47 bits per heavy atom. The average Bonchev–Trinajstić information content (AvgIpc) is 3.22. The number of halogens is 1. The van der Waals surface area contributed by atoms with Crippen molar-refractivity contribution in [3.63, 3.8) is 0 Å². The fraction of sp³-hybridized carbons (Fsp3) is 0.424. The molecule has 3 aromatic carbocycles. The van der Waals surface area contributed by atoms with Crippen molar-refractivity contribution in [2.24, 2.45) is 0 Å². The monoisotopic (exact) mass is 518 g/mol. The van der Waals surface area contributed by atoms with Crippen molar-refractivity contribution < 1.29 is 23.8 Å². The van der Waals surface area contributed by atoms with Crippen molar-refractivity contribution in [2.75, 3.05) is 7.11 Å². The first kappa shape index (κ1) is 27.7. The van der Waals surface area contributed by atoms with Crippen LogP contribution in [0.3, 0.4) is 0 Å². The van der Waals surface area contributed by atoms with Crippen molar-refractivity contribution >= 4 is 5.97 Å². The Morgan fingerprint density at radius 2 is 1.76 bits per heavy atom. The van der Waals surface area contributed by atoms with Crippen LogP contribution < -0.4 is 9.47 Å². The highest BCUT2D eigenvalue weighted by molar-refractivity contribution is 5.71. The Labute approximate surface area is 225 Å². The zero-order valence-corrected chi connectivity index (χ0v) is 22.5. The first-order chi connectivity index (χ1) is 18.5. The van der Waals surface area contributed by atoms with Crippen molar-refractivity contribution in [3.05, 3.63) is 83.2 Å². The lowest BCUT2D eigenvalue weighted by atomic mass is 9.85. The van der Waals surface area contributed by atoms with Crippen LogP contribution in [0.2, 0.25) is 0 Å². The summed E-state index contributed by atoms with van der Waals surface area (Å²) in [5.74, 6) is 0.697. The van der Waals surface area contributed by atoms with Crippen LogP contribution in [-0.4, -0.2) is 18.2 Å². The fourth-order valence-corrected chi connectivity index (χ4v) is 5.68. The second kappa shape index (κ2) is 13.5. The van der Waals surface area contributed by atoms with Gasteiger partial charge in [-0.1, -0.05) is 69.4 Å². The van der Waals surface area contributed by atoms with E-state index in [1.807, 2.05) is 36.4 Å². The summed E-state index contributed by atoms with van der Waals surface area (Å²) in [5.41, 5.74) is 4.71. The van der Waals surface area contributed by atoms with E-state index in [2.05, 4.69) is 13.0 Å². The molecule has 0 heterocycles. The summed E-state index contributed by atoms with van der Waals surface area (Å²) in [4.78, 5) is 11.4. The van der Waals surface area contributed by atoms with E-state index in [-0.39, 0.29) is 18.2 Å². The lowest BCUT2D eigenvalue weighted by molar-refractivity contribution is -0.137. The molecule has 202 valence electrons. The lowest BCUT2D eigenvalue weighted by Crippen LogP contribution is -2.07. The smallest absolute Gasteiger partial charge is 0.303 e. The molecule has 1 N–H and O–H groups in total. The van der Waals surface area contributed by atoms with Gasteiger partial charge in [-0.2, -0.15) is 0 Å². The maximum atomic E-state index is 15.0. The molecule has 3 aromatic rings. The predicted molar refractivity (Wildman–Crippen MR) is 150 cm³/mol. The second-order valence-corrected chi connectivity index (χ2v) is 10.4. The largest absolute Gasteiger partial charge is 0.497 e. The summed E-state index contributed by atoms with van der Waals surface area (Å²) in [6, 6.07) is 19.0. The molecule has 1 atom stereocenters. The first-order valence-corrected chi connectivity index (χ1v) is 13.9. The zero-order chi connectivity index (χ0) is 26.9. The molecule has 0 radical (unpaired) electrons. The summed E-state index contributed by atoms with van der Waals surface area (Å²) in [7, 11) is 1.60. The Bertz CT molecular complexity index is 1210. The number of hydrogen-bond acceptors (Lipinski definition) is 3. The molecule has 0 aliphatic heterocycles. The van der Waals surface area contributed by atoms with E-state index >= 15 is 4.39 Å². The third-order valence-corrected chi connectivity index (χ3v) is 7.67. The van der Waals surface area contributed by atoms with Crippen LogP contribution in [0.25, 0.3) is 11.1 Å². The number of rotatable bonds is 11. The molecular formula is C33H39FO4. The van der Waals surface area contributed by atoms with E-state index < -0.39 is 5.97 Å². The Hall–Kier alpha value is -3.34. The minimum absolute atomic E-state index is 0.0278. The summed E-state index contributed by atoms with van der Waals surface area (Å²) in [5, 5.41) is 9.33. The minimum atomic E-state index is -0.784. The average molecular weight is 519 g/mol. The molecule has 4 nitrogen and oxygen atoms in total. The molecule has 0 spiro atoms. The van der Waals surface area contributed by atoms with E-state index in [1.165, 1.54) is 37.3 Å². The van der Waals surface area contributed by atoms with Gasteiger partial charge in [0.25, 0.3) is 0 Å². The quantitative estimate of drug-likeness (QED) is 0.258. The lowest BCUT2D eigenvalue weighted by Gasteiger charge is -2.21. The van der Waals surface area contributed by atoms with Crippen molar-refractivity contribution in [2.45, 2.75) is 83.2 Å². The van der Waals surface area contributed by atoms with Crippen LogP contribution in [-0.2, 0) is 11.4 Å². The zero-order valence-electron chi connectivity index (χ0n) is 22.5. The van der Waals surface area contributed by atoms with E-state index in [0.29, 0.717) is 23.8 Å². The van der Waals surface area contributed by atoms with Crippen molar-refractivity contribution in [1.29, 1.82) is 0 Å². The van der Waals surface area contributed by atoms with E-state index in [4.69, 9.17) is 9.47 Å². The molecule has 1 fully saturated rings. The second-order valence-electron chi connectivity index (χ2n) is 10.4. The van der Waals surface area contributed by atoms with Gasteiger partial charge in [-0.25, -0.2) is 4.39 Å². The molecule has 0 bridgehead atoms. The molecule has 5 heteroatoms. The number of benzene rings is 3. The standard InChI is InChI=1S/C33H39FO4/c1-3-9-25(20-33(35)36)26-12-8-13-28(19-26)38-22-23-14-16-29(31-21-27(37-2)15-17-32(31)34)30(18-23)24-10-6-4-5-7-11-24/h8,12-19,21,24-25H,3-7,9-11,20,22H2,1-2H3,(H,35,36)/t25-/m1/s1. The van der Waals surface area contributed by atoms with Gasteiger partial charge in [-0.05, 0) is 83.7 Å². The summed E-state index contributed by atoms with van der Waals surface area (Å²) in [6.07, 6.45) is 8.95. The number of carboxylic acid groups (broad SMARTS) is 1. The summed E-state index contributed by atoms with van der Waals surface area (Å²) in [6.45, 7) is 2.46. The highest BCUT2D eigenvalue weighted by Gasteiger charge is 2.21. The Kier molecular flexibility index (Phi) is 9.80. The van der Waals surface area contributed by atoms with Gasteiger partial charge in [0.05, 0.1) is 13.5 Å². The molecular weight excluding hydrogens is 479 g/mol. The van der Waals surface area contributed by atoms with E-state index in [0.717, 1.165) is 48.1 Å². The normalized spacial score (nSPS) is 15.0. The summed E-state index contributed by atoms with van der Waals surface area (Å²) >= 11 is 0. The SMILES string of the molecule is CCC[C@H](CC(=O)O)c1cccc(OCc2ccc(-c3cc(OC)ccc3F)c(C3CCCCCC3)c2)c1. The molecule has 0 unspecified atom stereocenters. The van der Waals surface area contributed by atoms with Crippen LogP contribution in [0.5, 0.6) is 11.5 Å². The molecule has 4 rings (SSSR count). The molecule has 0 saturated heterocycles. The Morgan fingerprint density at radius 1 is 0.974 bits per heavy atom. The molecule has 0 aromatic heterocycles. The maximum absolute atomic E-state index is 15.0. The fourth-order valence-electron chi connectivity index (χ4n) is 5.68. The van der Waals surface area contributed by atoms with Gasteiger partial charge in [-0.15, -0.1) is 0 Å². The van der Waals surface area contributed by atoms with Gasteiger partial charge >= 0.3 is 5.97 Å². The number of hydrogen-bond donors (Lipinski definition) is 1. The van der Waals surface area contributed by atoms with Gasteiger partial charge in [-0.3, -0.25) is 4.79 Å². The minimum Gasteiger partial charge on any atom is -0.497 e. The van der Waals surface area contributed by atoms with Gasteiger partial charge in [0, 0.05) is 5.56 Å². The number of carboxylic acids is 1. The molecule has 38 heavy (non-hydrogen) atoms. The number of aliphatic carboxylic acids is 1.